The van der Waals surface area contributed by atoms with Crippen LogP contribution in [0.25, 0.3) is 0 Å². The second kappa shape index (κ2) is 6.27. The molecule has 0 fully saturated rings. The third-order valence-corrected chi connectivity index (χ3v) is 3.96. The van der Waals surface area contributed by atoms with E-state index in [9.17, 15) is 14.0 Å². The second-order valence-electron chi connectivity index (χ2n) is 5.55. The zero-order valence-corrected chi connectivity index (χ0v) is 13.1. The van der Waals surface area contributed by atoms with E-state index in [-0.39, 0.29) is 11.3 Å². The Morgan fingerprint density at radius 2 is 2.04 bits per heavy atom. The number of nitrogens with one attached hydrogen (secondary N) is 1. The molecule has 124 valence electrons. The van der Waals surface area contributed by atoms with Crippen LogP contribution in [0.4, 0.5) is 4.39 Å². The summed E-state index contributed by atoms with van der Waals surface area (Å²) in [5.41, 5.74) is 9.48. The molecule has 0 saturated heterocycles. The van der Waals surface area contributed by atoms with Crippen molar-refractivity contribution >= 4 is 17.5 Å². The lowest BCUT2D eigenvalue weighted by Crippen LogP contribution is -2.23. The number of hydrazone groups is 1. The van der Waals surface area contributed by atoms with Gasteiger partial charge in [-0.2, -0.15) is 5.10 Å². The zero-order chi connectivity index (χ0) is 17.3. The Balaban J connectivity index is 1.89. The SMILES string of the molecule is Cc1c(C(N)=O)oc2c1/C(=N/NC(=O)c1ccccc1F)CCC2. The lowest BCUT2D eigenvalue weighted by molar-refractivity contribution is 0.0948. The predicted molar refractivity (Wildman–Crippen MR) is 85.3 cm³/mol. The van der Waals surface area contributed by atoms with Crippen molar-refractivity contribution in [1.82, 2.24) is 5.43 Å². The van der Waals surface area contributed by atoms with Crippen molar-refractivity contribution in [2.24, 2.45) is 10.8 Å². The molecule has 0 bridgehead atoms. The maximum Gasteiger partial charge on any atom is 0.284 e. The fourth-order valence-corrected chi connectivity index (χ4v) is 2.84. The van der Waals surface area contributed by atoms with Gasteiger partial charge in [0.05, 0.1) is 11.3 Å². The van der Waals surface area contributed by atoms with Crippen LogP contribution < -0.4 is 11.2 Å². The minimum Gasteiger partial charge on any atom is -0.455 e. The molecule has 0 aliphatic heterocycles. The summed E-state index contributed by atoms with van der Waals surface area (Å²) < 4.78 is 19.1. The van der Waals surface area contributed by atoms with E-state index >= 15 is 0 Å². The van der Waals surface area contributed by atoms with E-state index in [4.69, 9.17) is 10.2 Å². The van der Waals surface area contributed by atoms with Gasteiger partial charge in [-0.25, -0.2) is 9.82 Å². The number of benzene rings is 1. The number of hydrogen-bond acceptors (Lipinski definition) is 4. The number of furan rings is 1. The highest BCUT2D eigenvalue weighted by Gasteiger charge is 2.27. The van der Waals surface area contributed by atoms with Gasteiger partial charge in [0.2, 0.25) is 0 Å². The monoisotopic (exact) mass is 329 g/mol. The van der Waals surface area contributed by atoms with Crippen LogP contribution in [0.15, 0.2) is 33.8 Å². The summed E-state index contributed by atoms with van der Waals surface area (Å²) in [4.78, 5) is 23.5. The molecule has 3 N–H and O–H groups in total. The Morgan fingerprint density at radius 3 is 2.75 bits per heavy atom. The van der Waals surface area contributed by atoms with Gasteiger partial charge in [0.1, 0.15) is 11.6 Å². The Labute approximate surface area is 137 Å². The van der Waals surface area contributed by atoms with Crippen molar-refractivity contribution in [3.05, 3.63) is 58.3 Å². The number of nitrogens with two attached hydrogens (primary N) is 1. The Kier molecular flexibility index (Phi) is 4.16. The zero-order valence-electron chi connectivity index (χ0n) is 13.1. The minimum absolute atomic E-state index is 0.0837. The highest BCUT2D eigenvalue weighted by atomic mass is 19.1. The summed E-state index contributed by atoms with van der Waals surface area (Å²) >= 11 is 0. The van der Waals surface area contributed by atoms with Gasteiger partial charge in [-0.1, -0.05) is 12.1 Å². The molecule has 1 aliphatic rings. The molecular formula is C17H16FN3O3. The third-order valence-electron chi connectivity index (χ3n) is 3.96. The predicted octanol–water partition coefficient (Wildman–Crippen LogP) is 2.30. The van der Waals surface area contributed by atoms with E-state index in [1.807, 2.05) is 0 Å². The van der Waals surface area contributed by atoms with Crippen molar-refractivity contribution in [2.45, 2.75) is 26.2 Å². The Hall–Kier alpha value is -2.96. The maximum absolute atomic E-state index is 13.6. The highest BCUT2D eigenvalue weighted by Crippen LogP contribution is 2.29. The average Bonchev–Trinajstić information content (AvgIpc) is 2.91. The molecule has 0 atom stereocenters. The molecule has 0 spiro atoms. The van der Waals surface area contributed by atoms with Crippen molar-refractivity contribution < 1.29 is 18.4 Å². The van der Waals surface area contributed by atoms with Gasteiger partial charge in [-0.05, 0) is 31.9 Å². The number of amides is 2. The number of carbonyl (C=O) groups is 2. The van der Waals surface area contributed by atoms with Crippen LogP contribution in [0, 0.1) is 12.7 Å². The fourth-order valence-electron chi connectivity index (χ4n) is 2.84. The summed E-state index contributed by atoms with van der Waals surface area (Å²) in [7, 11) is 0. The van der Waals surface area contributed by atoms with E-state index < -0.39 is 17.6 Å². The van der Waals surface area contributed by atoms with Crippen LogP contribution in [0.5, 0.6) is 0 Å². The van der Waals surface area contributed by atoms with Crippen LogP contribution in [0.3, 0.4) is 0 Å². The Bertz CT molecular complexity index is 855. The summed E-state index contributed by atoms with van der Waals surface area (Å²) in [5.74, 6) is -1.16. The summed E-state index contributed by atoms with van der Waals surface area (Å²) in [5, 5.41) is 4.11. The molecule has 1 aromatic heterocycles. The number of fused-ring (bicyclic) bond motifs is 1. The summed E-state index contributed by atoms with van der Waals surface area (Å²) in [6.45, 7) is 1.72. The first-order valence-corrected chi connectivity index (χ1v) is 7.53. The van der Waals surface area contributed by atoms with E-state index in [1.165, 1.54) is 18.2 Å². The number of halogens is 1. The molecule has 2 aromatic rings. The lowest BCUT2D eigenvalue weighted by atomic mass is 9.93. The van der Waals surface area contributed by atoms with Gasteiger partial charge < -0.3 is 10.2 Å². The molecule has 6 nitrogen and oxygen atoms in total. The van der Waals surface area contributed by atoms with E-state index in [1.54, 1.807) is 13.0 Å². The quantitative estimate of drug-likeness (QED) is 0.845. The van der Waals surface area contributed by atoms with Gasteiger partial charge in [0, 0.05) is 17.5 Å². The van der Waals surface area contributed by atoms with Gasteiger partial charge in [-0.3, -0.25) is 9.59 Å². The fraction of sp³-hybridized carbons (Fsp3) is 0.235. The standard InChI is InChI=1S/C17H16FN3O3/c1-9-14-12(7-4-8-13(14)24-15(9)16(19)22)20-21-17(23)10-5-2-3-6-11(10)18/h2-3,5-6H,4,7-8H2,1H3,(H2,19,22)(H,21,23)/b20-12+. The van der Waals surface area contributed by atoms with Crippen molar-refractivity contribution in [3.63, 3.8) is 0 Å². The van der Waals surface area contributed by atoms with Crippen LogP contribution in [-0.4, -0.2) is 17.5 Å². The van der Waals surface area contributed by atoms with Crippen LogP contribution in [-0.2, 0) is 6.42 Å². The van der Waals surface area contributed by atoms with E-state index in [0.717, 1.165) is 6.42 Å². The maximum atomic E-state index is 13.6. The molecule has 2 amide bonds. The van der Waals surface area contributed by atoms with Gasteiger partial charge in [0.15, 0.2) is 5.76 Å². The molecular weight excluding hydrogens is 313 g/mol. The molecule has 1 heterocycles. The number of carbonyl (C=O) groups excluding carboxylic acids is 2. The first kappa shape index (κ1) is 15.9. The van der Waals surface area contributed by atoms with Crippen LogP contribution in [0.1, 0.15) is 50.6 Å². The van der Waals surface area contributed by atoms with E-state index in [2.05, 4.69) is 10.5 Å². The first-order chi connectivity index (χ1) is 11.5. The van der Waals surface area contributed by atoms with Gasteiger partial charge in [-0.15, -0.1) is 0 Å². The molecule has 0 saturated carbocycles. The molecule has 1 aliphatic carbocycles. The van der Waals surface area contributed by atoms with Crippen LogP contribution >= 0.6 is 0 Å². The lowest BCUT2D eigenvalue weighted by Gasteiger charge is -2.13. The number of nitrogens with zero attached hydrogens (tertiary/aromatic N) is 1. The molecule has 0 unspecified atom stereocenters. The van der Waals surface area contributed by atoms with Crippen molar-refractivity contribution in [3.8, 4) is 0 Å². The summed E-state index contributed by atoms with van der Waals surface area (Å²) in [6, 6.07) is 5.67. The average molecular weight is 329 g/mol. The smallest absolute Gasteiger partial charge is 0.284 e. The molecule has 0 radical (unpaired) electrons. The number of rotatable bonds is 3. The Morgan fingerprint density at radius 1 is 1.29 bits per heavy atom. The molecule has 7 heteroatoms. The largest absolute Gasteiger partial charge is 0.455 e. The molecule has 3 rings (SSSR count). The topological polar surface area (TPSA) is 97.7 Å². The second-order valence-corrected chi connectivity index (χ2v) is 5.55. The van der Waals surface area contributed by atoms with Crippen molar-refractivity contribution in [1.29, 1.82) is 0 Å². The molecule has 24 heavy (non-hydrogen) atoms. The highest BCUT2D eigenvalue weighted by molar-refractivity contribution is 6.07. The normalized spacial score (nSPS) is 15.2. The third kappa shape index (κ3) is 2.80. The first-order valence-electron chi connectivity index (χ1n) is 7.53. The van der Waals surface area contributed by atoms with Crippen LogP contribution in [0.2, 0.25) is 0 Å². The summed E-state index contributed by atoms with van der Waals surface area (Å²) in [6.07, 6.45) is 2.05. The van der Waals surface area contributed by atoms with E-state index in [0.29, 0.717) is 35.4 Å². The number of hydrogen-bond donors (Lipinski definition) is 2. The van der Waals surface area contributed by atoms with Gasteiger partial charge >= 0.3 is 0 Å². The number of aryl methyl sites for hydroxylation is 1. The minimum atomic E-state index is -0.642. The van der Waals surface area contributed by atoms with Crippen molar-refractivity contribution in [2.75, 3.05) is 0 Å². The number of primary amides is 1. The molecule has 1 aromatic carbocycles. The van der Waals surface area contributed by atoms with Gasteiger partial charge in [0.25, 0.3) is 11.8 Å².